The number of hydrogen-bond acceptors (Lipinski definition) is 5. The summed E-state index contributed by atoms with van der Waals surface area (Å²) in [5.74, 6) is 0.837. The van der Waals surface area contributed by atoms with E-state index in [1.54, 1.807) is 14.2 Å². The summed E-state index contributed by atoms with van der Waals surface area (Å²) in [6.07, 6.45) is 3.15. The van der Waals surface area contributed by atoms with Crippen LogP contribution in [0.2, 0.25) is 0 Å². The minimum absolute atomic E-state index is 0.0621. The molecule has 1 heterocycles. The predicted octanol–water partition coefficient (Wildman–Crippen LogP) is 0.954. The standard InChI is InChI=1S/C15H24N4O2/c1-20-8-6-19(7-9-21-2)15-12(14(16)17)10-11-4-3-5-13(11)18-15/h10H,3-9H2,1-2H3,(H3,16,17). The quantitative estimate of drug-likeness (QED) is 0.550. The lowest BCUT2D eigenvalue weighted by Crippen LogP contribution is -2.33. The molecule has 1 aliphatic carbocycles. The van der Waals surface area contributed by atoms with E-state index in [2.05, 4.69) is 4.90 Å². The van der Waals surface area contributed by atoms with Crippen LogP contribution in [0.25, 0.3) is 0 Å². The Morgan fingerprint density at radius 1 is 1.29 bits per heavy atom. The molecule has 0 radical (unpaired) electrons. The van der Waals surface area contributed by atoms with Gasteiger partial charge in [-0.25, -0.2) is 4.98 Å². The van der Waals surface area contributed by atoms with Gasteiger partial charge in [0.05, 0.1) is 18.8 Å². The first-order valence-corrected chi connectivity index (χ1v) is 7.27. The summed E-state index contributed by atoms with van der Waals surface area (Å²) in [6, 6.07) is 2.03. The van der Waals surface area contributed by atoms with Gasteiger partial charge in [-0.15, -0.1) is 0 Å². The van der Waals surface area contributed by atoms with E-state index in [9.17, 15) is 0 Å². The van der Waals surface area contributed by atoms with Gasteiger partial charge in [-0.1, -0.05) is 0 Å². The fourth-order valence-corrected chi connectivity index (χ4v) is 2.63. The van der Waals surface area contributed by atoms with Crippen molar-refractivity contribution in [2.75, 3.05) is 45.4 Å². The van der Waals surface area contributed by atoms with E-state index in [0.29, 0.717) is 31.9 Å². The van der Waals surface area contributed by atoms with Crippen LogP contribution < -0.4 is 10.6 Å². The molecule has 0 atom stereocenters. The third-order valence-corrected chi connectivity index (χ3v) is 3.75. The summed E-state index contributed by atoms with van der Waals surface area (Å²) in [7, 11) is 3.35. The molecule has 21 heavy (non-hydrogen) atoms. The highest BCUT2D eigenvalue weighted by atomic mass is 16.5. The van der Waals surface area contributed by atoms with Crippen molar-refractivity contribution in [3.8, 4) is 0 Å². The Morgan fingerprint density at radius 2 is 1.95 bits per heavy atom. The fourth-order valence-electron chi connectivity index (χ4n) is 2.63. The first kappa shape index (κ1) is 15.7. The van der Waals surface area contributed by atoms with Crippen LogP contribution >= 0.6 is 0 Å². The maximum atomic E-state index is 7.83. The SMILES string of the molecule is COCCN(CCOC)c1nc2c(cc1C(=N)N)CCC2. The average molecular weight is 292 g/mol. The molecular weight excluding hydrogens is 268 g/mol. The smallest absolute Gasteiger partial charge is 0.140 e. The van der Waals surface area contributed by atoms with Crippen LogP contribution in [0.1, 0.15) is 23.2 Å². The lowest BCUT2D eigenvalue weighted by molar-refractivity contribution is 0.190. The molecule has 0 bridgehead atoms. The molecule has 0 aliphatic heterocycles. The van der Waals surface area contributed by atoms with Gasteiger partial charge in [-0.3, -0.25) is 5.41 Å². The first-order valence-electron chi connectivity index (χ1n) is 7.27. The van der Waals surface area contributed by atoms with Crippen LogP contribution in [-0.2, 0) is 22.3 Å². The number of rotatable bonds is 8. The molecule has 116 valence electrons. The maximum Gasteiger partial charge on any atom is 0.140 e. The number of amidine groups is 1. The van der Waals surface area contributed by atoms with Crippen molar-refractivity contribution >= 4 is 11.7 Å². The van der Waals surface area contributed by atoms with E-state index < -0.39 is 0 Å². The van der Waals surface area contributed by atoms with Crippen LogP contribution in [0.5, 0.6) is 0 Å². The van der Waals surface area contributed by atoms with Crippen molar-refractivity contribution in [3.05, 3.63) is 22.9 Å². The van der Waals surface area contributed by atoms with Gasteiger partial charge in [0, 0.05) is 33.0 Å². The lowest BCUT2D eigenvalue weighted by atomic mass is 10.1. The highest BCUT2D eigenvalue weighted by Crippen LogP contribution is 2.27. The predicted molar refractivity (Wildman–Crippen MR) is 83.2 cm³/mol. The third-order valence-electron chi connectivity index (χ3n) is 3.75. The van der Waals surface area contributed by atoms with E-state index in [0.717, 1.165) is 30.8 Å². The molecule has 6 heteroatoms. The molecule has 0 unspecified atom stereocenters. The van der Waals surface area contributed by atoms with Crippen molar-refractivity contribution in [1.29, 1.82) is 5.41 Å². The van der Waals surface area contributed by atoms with Crippen LogP contribution in [0.15, 0.2) is 6.07 Å². The number of aryl methyl sites for hydroxylation is 2. The van der Waals surface area contributed by atoms with Gasteiger partial charge < -0.3 is 20.1 Å². The Labute approximate surface area is 125 Å². The Morgan fingerprint density at radius 3 is 2.52 bits per heavy atom. The zero-order valence-corrected chi connectivity index (χ0v) is 12.8. The number of ether oxygens (including phenoxy) is 2. The van der Waals surface area contributed by atoms with E-state index in [1.165, 1.54) is 5.56 Å². The van der Waals surface area contributed by atoms with Crippen molar-refractivity contribution < 1.29 is 9.47 Å². The largest absolute Gasteiger partial charge is 0.384 e. The third kappa shape index (κ3) is 3.71. The molecule has 3 N–H and O–H groups in total. The molecular formula is C15H24N4O2. The zero-order chi connectivity index (χ0) is 15.2. The molecule has 0 aromatic carbocycles. The Hall–Kier alpha value is -1.66. The number of pyridine rings is 1. The molecule has 1 aromatic rings. The number of aromatic nitrogens is 1. The molecule has 0 amide bonds. The second-order valence-corrected chi connectivity index (χ2v) is 5.21. The molecule has 2 rings (SSSR count). The van der Waals surface area contributed by atoms with Crippen molar-refractivity contribution in [2.24, 2.45) is 5.73 Å². The summed E-state index contributed by atoms with van der Waals surface area (Å²) in [5, 5.41) is 7.83. The number of methoxy groups -OCH3 is 2. The zero-order valence-electron chi connectivity index (χ0n) is 12.8. The van der Waals surface area contributed by atoms with Crippen LogP contribution in [-0.4, -0.2) is 51.3 Å². The topological polar surface area (TPSA) is 84.5 Å². The fraction of sp³-hybridized carbons (Fsp3) is 0.600. The molecule has 0 fully saturated rings. The highest BCUT2D eigenvalue weighted by Gasteiger charge is 2.21. The van der Waals surface area contributed by atoms with Gasteiger partial charge >= 0.3 is 0 Å². The molecule has 0 saturated heterocycles. The van der Waals surface area contributed by atoms with Gasteiger partial charge in [-0.2, -0.15) is 0 Å². The number of nitrogen functional groups attached to an aromatic ring is 1. The lowest BCUT2D eigenvalue weighted by Gasteiger charge is -2.26. The summed E-state index contributed by atoms with van der Waals surface area (Å²) in [5.41, 5.74) is 8.83. The minimum atomic E-state index is 0.0621. The summed E-state index contributed by atoms with van der Waals surface area (Å²) in [6.45, 7) is 2.59. The van der Waals surface area contributed by atoms with E-state index >= 15 is 0 Å². The van der Waals surface area contributed by atoms with E-state index in [4.69, 9.17) is 25.6 Å². The van der Waals surface area contributed by atoms with E-state index in [-0.39, 0.29) is 5.84 Å². The second-order valence-electron chi connectivity index (χ2n) is 5.21. The minimum Gasteiger partial charge on any atom is -0.384 e. The number of nitrogens with one attached hydrogen (secondary N) is 1. The molecule has 0 saturated carbocycles. The van der Waals surface area contributed by atoms with Gasteiger partial charge in [0.2, 0.25) is 0 Å². The maximum absolute atomic E-state index is 7.83. The normalized spacial score (nSPS) is 13.2. The molecule has 1 aliphatic rings. The molecule has 1 aromatic heterocycles. The van der Waals surface area contributed by atoms with Crippen molar-refractivity contribution in [3.63, 3.8) is 0 Å². The monoisotopic (exact) mass is 292 g/mol. The number of fused-ring (bicyclic) bond motifs is 1. The van der Waals surface area contributed by atoms with Crippen LogP contribution in [0, 0.1) is 5.41 Å². The number of hydrogen-bond donors (Lipinski definition) is 2. The van der Waals surface area contributed by atoms with Gasteiger partial charge in [-0.05, 0) is 30.9 Å². The van der Waals surface area contributed by atoms with Crippen molar-refractivity contribution in [1.82, 2.24) is 4.98 Å². The van der Waals surface area contributed by atoms with Gasteiger partial charge in [0.15, 0.2) is 0 Å². The summed E-state index contributed by atoms with van der Waals surface area (Å²) in [4.78, 5) is 6.86. The van der Waals surface area contributed by atoms with Crippen LogP contribution in [0.3, 0.4) is 0 Å². The number of anilines is 1. The van der Waals surface area contributed by atoms with Crippen molar-refractivity contribution in [2.45, 2.75) is 19.3 Å². The second kappa shape index (κ2) is 7.38. The molecule has 0 spiro atoms. The van der Waals surface area contributed by atoms with Gasteiger partial charge in [0.1, 0.15) is 11.7 Å². The Bertz CT molecular complexity index is 497. The highest BCUT2D eigenvalue weighted by molar-refractivity contribution is 6.00. The average Bonchev–Trinajstić information content (AvgIpc) is 2.93. The summed E-state index contributed by atoms with van der Waals surface area (Å²) < 4.78 is 10.3. The number of nitrogens with zero attached hydrogens (tertiary/aromatic N) is 2. The van der Waals surface area contributed by atoms with Crippen LogP contribution in [0.4, 0.5) is 5.82 Å². The van der Waals surface area contributed by atoms with E-state index in [1.807, 2.05) is 6.07 Å². The summed E-state index contributed by atoms with van der Waals surface area (Å²) >= 11 is 0. The number of nitrogens with two attached hydrogens (primary N) is 1. The Kier molecular flexibility index (Phi) is 5.52. The first-order chi connectivity index (χ1) is 10.2. The van der Waals surface area contributed by atoms with Gasteiger partial charge in [0.25, 0.3) is 0 Å². The molecule has 6 nitrogen and oxygen atoms in total. The Balaban J connectivity index is 2.34.